The summed E-state index contributed by atoms with van der Waals surface area (Å²) < 4.78 is 5.09. The largest absolute Gasteiger partial charge is 0.457 e. The molecular weight excluding hydrogens is 380 g/mol. The van der Waals surface area contributed by atoms with E-state index in [1.165, 1.54) is 16.1 Å². The third-order valence-corrected chi connectivity index (χ3v) is 5.52. The van der Waals surface area contributed by atoms with Gasteiger partial charge in [-0.05, 0) is 42.0 Å². The van der Waals surface area contributed by atoms with Crippen LogP contribution in [0, 0.1) is 0 Å². The number of benzene rings is 2. The van der Waals surface area contributed by atoms with Gasteiger partial charge >= 0.3 is 5.97 Å². The van der Waals surface area contributed by atoms with Crippen LogP contribution in [0.5, 0.6) is 0 Å². The number of aryl methyl sites for hydroxylation is 2. The summed E-state index contributed by atoms with van der Waals surface area (Å²) in [5, 5.41) is 5.78. The van der Waals surface area contributed by atoms with Crippen molar-refractivity contribution in [1.82, 2.24) is 5.01 Å². The Morgan fingerprint density at radius 2 is 1.73 bits per heavy atom. The number of fused-ring (bicyclic) bond motifs is 1. The van der Waals surface area contributed by atoms with Gasteiger partial charge in [0.25, 0.3) is 0 Å². The van der Waals surface area contributed by atoms with Crippen LogP contribution in [-0.4, -0.2) is 41.5 Å². The molecule has 2 aromatic carbocycles. The standard InChI is InChI=1S/C24H24N2O4/c27-22(20-10-9-17-7-4-8-19(17)15-20)16-30-24(29)12-11-23(28)26-14-13-21(25-26)18-5-2-1-3-6-18/h1-3,5-6,9-10,15H,4,7-8,11-14,16H2. The average molecular weight is 404 g/mol. The van der Waals surface area contributed by atoms with E-state index in [1.54, 1.807) is 6.07 Å². The Labute approximate surface area is 175 Å². The summed E-state index contributed by atoms with van der Waals surface area (Å²) >= 11 is 0. The van der Waals surface area contributed by atoms with Gasteiger partial charge in [-0.2, -0.15) is 5.10 Å². The van der Waals surface area contributed by atoms with Gasteiger partial charge in [0.15, 0.2) is 12.4 Å². The zero-order chi connectivity index (χ0) is 20.9. The fourth-order valence-electron chi connectivity index (χ4n) is 3.86. The minimum absolute atomic E-state index is 0.0113. The maximum absolute atomic E-state index is 12.3. The van der Waals surface area contributed by atoms with Crippen molar-refractivity contribution in [3.05, 3.63) is 70.8 Å². The minimum atomic E-state index is -0.552. The van der Waals surface area contributed by atoms with Crippen LogP contribution >= 0.6 is 0 Å². The highest BCUT2D eigenvalue weighted by Crippen LogP contribution is 2.23. The van der Waals surface area contributed by atoms with Gasteiger partial charge in [-0.1, -0.05) is 42.5 Å². The van der Waals surface area contributed by atoms with Gasteiger partial charge in [-0.25, -0.2) is 5.01 Å². The summed E-state index contributed by atoms with van der Waals surface area (Å²) in [6, 6.07) is 15.4. The van der Waals surface area contributed by atoms with Crippen molar-refractivity contribution in [3.63, 3.8) is 0 Å². The summed E-state index contributed by atoms with van der Waals surface area (Å²) in [6.07, 6.45) is 3.80. The minimum Gasteiger partial charge on any atom is -0.457 e. The lowest BCUT2D eigenvalue weighted by molar-refractivity contribution is -0.145. The fourth-order valence-corrected chi connectivity index (χ4v) is 3.86. The summed E-state index contributed by atoms with van der Waals surface area (Å²) in [5.74, 6) is -0.992. The van der Waals surface area contributed by atoms with Crippen molar-refractivity contribution in [3.8, 4) is 0 Å². The first-order valence-corrected chi connectivity index (χ1v) is 10.3. The molecule has 0 saturated heterocycles. The molecule has 0 atom stereocenters. The maximum atomic E-state index is 12.3. The first kappa shape index (κ1) is 20.0. The molecule has 0 aromatic heterocycles. The molecule has 0 radical (unpaired) electrons. The second kappa shape index (κ2) is 9.03. The smallest absolute Gasteiger partial charge is 0.306 e. The predicted molar refractivity (Wildman–Crippen MR) is 112 cm³/mol. The first-order valence-electron chi connectivity index (χ1n) is 10.3. The topological polar surface area (TPSA) is 76.0 Å². The molecule has 1 amide bonds. The fraction of sp³-hybridized carbons (Fsp3) is 0.333. The molecule has 1 aliphatic carbocycles. The van der Waals surface area contributed by atoms with E-state index in [-0.39, 0.29) is 31.1 Å². The van der Waals surface area contributed by atoms with E-state index in [0.29, 0.717) is 18.5 Å². The van der Waals surface area contributed by atoms with Crippen molar-refractivity contribution in [1.29, 1.82) is 0 Å². The number of ketones is 1. The van der Waals surface area contributed by atoms with Gasteiger partial charge < -0.3 is 4.74 Å². The van der Waals surface area contributed by atoms with Crippen LogP contribution in [-0.2, 0) is 27.2 Å². The number of amides is 1. The molecule has 1 heterocycles. The van der Waals surface area contributed by atoms with E-state index in [1.807, 2.05) is 42.5 Å². The van der Waals surface area contributed by atoms with E-state index in [9.17, 15) is 14.4 Å². The molecule has 6 nitrogen and oxygen atoms in total. The van der Waals surface area contributed by atoms with E-state index >= 15 is 0 Å². The molecular formula is C24H24N2O4. The number of Topliss-reactive ketones (excluding diaryl/α,β-unsaturated/α-hetero) is 1. The molecule has 0 saturated carbocycles. The molecule has 0 unspecified atom stereocenters. The van der Waals surface area contributed by atoms with Crippen molar-refractivity contribution < 1.29 is 19.1 Å². The second-order valence-electron chi connectivity index (χ2n) is 7.60. The van der Waals surface area contributed by atoms with Gasteiger partial charge in [0.1, 0.15) is 0 Å². The lowest BCUT2D eigenvalue weighted by Gasteiger charge is -2.11. The Bertz CT molecular complexity index is 998. The number of hydrogen-bond donors (Lipinski definition) is 0. The quantitative estimate of drug-likeness (QED) is 0.524. The zero-order valence-corrected chi connectivity index (χ0v) is 16.8. The second-order valence-corrected chi connectivity index (χ2v) is 7.60. The molecule has 6 heteroatoms. The lowest BCUT2D eigenvalue weighted by atomic mass is 10.0. The van der Waals surface area contributed by atoms with Crippen LogP contribution in [0.15, 0.2) is 53.6 Å². The van der Waals surface area contributed by atoms with Gasteiger partial charge in [-0.15, -0.1) is 0 Å². The molecule has 0 spiro atoms. The number of carbonyl (C=O) groups is 3. The normalized spacial score (nSPS) is 14.9. The monoisotopic (exact) mass is 404 g/mol. The number of hydrogen-bond acceptors (Lipinski definition) is 5. The summed E-state index contributed by atoms with van der Waals surface area (Å²) in [6.45, 7) is 0.209. The third-order valence-electron chi connectivity index (χ3n) is 5.52. The van der Waals surface area contributed by atoms with Gasteiger partial charge in [0.2, 0.25) is 5.91 Å². The number of nitrogens with zero attached hydrogens (tertiary/aromatic N) is 2. The summed E-state index contributed by atoms with van der Waals surface area (Å²) in [7, 11) is 0. The maximum Gasteiger partial charge on any atom is 0.306 e. The highest BCUT2D eigenvalue weighted by Gasteiger charge is 2.22. The van der Waals surface area contributed by atoms with Crippen LogP contribution in [0.25, 0.3) is 0 Å². The molecule has 4 rings (SSSR count). The number of carbonyl (C=O) groups excluding carboxylic acids is 3. The Morgan fingerprint density at radius 1 is 0.933 bits per heavy atom. The Balaban J connectivity index is 1.22. The molecule has 0 bridgehead atoms. The Kier molecular flexibility index (Phi) is 6.02. The summed E-state index contributed by atoms with van der Waals surface area (Å²) in [4.78, 5) is 36.6. The molecule has 1 aliphatic heterocycles. The highest BCUT2D eigenvalue weighted by atomic mass is 16.5. The number of esters is 1. The third kappa shape index (κ3) is 4.64. The summed E-state index contributed by atoms with van der Waals surface area (Å²) in [5.41, 5.74) is 4.93. The van der Waals surface area contributed by atoms with E-state index in [2.05, 4.69) is 5.10 Å². The van der Waals surface area contributed by atoms with Gasteiger partial charge in [-0.3, -0.25) is 14.4 Å². The zero-order valence-electron chi connectivity index (χ0n) is 16.8. The van der Waals surface area contributed by atoms with E-state index in [4.69, 9.17) is 4.74 Å². The van der Waals surface area contributed by atoms with Crippen molar-refractivity contribution in [2.45, 2.75) is 38.5 Å². The number of rotatable bonds is 7. The van der Waals surface area contributed by atoms with Crippen molar-refractivity contribution in [2.75, 3.05) is 13.2 Å². The predicted octanol–water partition coefficient (Wildman–Crippen LogP) is 3.32. The molecule has 30 heavy (non-hydrogen) atoms. The van der Waals surface area contributed by atoms with Gasteiger partial charge in [0.05, 0.1) is 18.7 Å². The molecule has 0 fully saturated rings. The molecule has 2 aromatic rings. The van der Waals surface area contributed by atoms with Crippen LogP contribution in [0.3, 0.4) is 0 Å². The lowest BCUT2D eigenvalue weighted by Crippen LogP contribution is -2.24. The molecule has 0 N–H and O–H groups in total. The number of hydrazone groups is 1. The average Bonchev–Trinajstić information content (AvgIpc) is 3.45. The Hall–Kier alpha value is -3.28. The molecule has 2 aliphatic rings. The van der Waals surface area contributed by atoms with Gasteiger partial charge in [0, 0.05) is 18.4 Å². The number of ether oxygens (including phenoxy) is 1. The van der Waals surface area contributed by atoms with Crippen LogP contribution in [0.1, 0.15) is 52.7 Å². The van der Waals surface area contributed by atoms with E-state index in [0.717, 1.165) is 30.5 Å². The van der Waals surface area contributed by atoms with E-state index < -0.39 is 5.97 Å². The SMILES string of the molecule is O=C(CCC(=O)N1CCC(c2ccccc2)=N1)OCC(=O)c1ccc2c(c1)CCC2. The van der Waals surface area contributed by atoms with Crippen LogP contribution in [0.2, 0.25) is 0 Å². The first-order chi connectivity index (χ1) is 14.6. The van der Waals surface area contributed by atoms with Crippen molar-refractivity contribution >= 4 is 23.4 Å². The van der Waals surface area contributed by atoms with Crippen LogP contribution in [0.4, 0.5) is 0 Å². The molecule has 154 valence electrons. The van der Waals surface area contributed by atoms with Crippen molar-refractivity contribution in [2.24, 2.45) is 5.10 Å². The van der Waals surface area contributed by atoms with Crippen LogP contribution < -0.4 is 0 Å². The Morgan fingerprint density at radius 3 is 2.57 bits per heavy atom. The highest BCUT2D eigenvalue weighted by molar-refractivity contribution is 6.02.